The fourth-order valence-electron chi connectivity index (χ4n) is 6.19. The van der Waals surface area contributed by atoms with E-state index in [-0.39, 0.29) is 18.0 Å². The maximum atomic E-state index is 13.5. The highest BCUT2D eigenvalue weighted by Gasteiger charge is 2.28. The van der Waals surface area contributed by atoms with Crippen molar-refractivity contribution in [3.63, 3.8) is 0 Å². The number of carbonyl (C=O) groups is 2. The van der Waals surface area contributed by atoms with E-state index in [9.17, 15) is 9.59 Å². The number of nitrogens with zero attached hydrogens (tertiary/aromatic N) is 3. The smallest absolute Gasteiger partial charge is 0.323 e. The molecule has 2 aliphatic heterocycles. The Labute approximate surface area is 259 Å². The zero-order valence-electron chi connectivity index (χ0n) is 25.0. The second-order valence-corrected chi connectivity index (χ2v) is 11.3. The van der Waals surface area contributed by atoms with Crippen molar-refractivity contribution >= 4 is 29.0 Å². The van der Waals surface area contributed by atoms with E-state index >= 15 is 0 Å². The molecule has 2 fully saturated rings. The molecule has 4 aromatic rings. The first-order chi connectivity index (χ1) is 21.7. The molecule has 0 bridgehead atoms. The van der Waals surface area contributed by atoms with Crippen molar-refractivity contribution in [2.24, 2.45) is 0 Å². The second kappa shape index (κ2) is 14.2. The Bertz CT molecular complexity index is 1480. The molecule has 0 spiro atoms. The number of amides is 3. The van der Waals surface area contributed by atoms with Gasteiger partial charge in [0.25, 0.3) is 5.91 Å². The van der Waals surface area contributed by atoms with Crippen LogP contribution in [-0.4, -0.2) is 74.1 Å². The lowest BCUT2D eigenvalue weighted by Gasteiger charge is -2.41. The Balaban J connectivity index is 1.23. The lowest BCUT2D eigenvalue weighted by atomic mass is 9.96. The quantitative estimate of drug-likeness (QED) is 0.259. The fourth-order valence-corrected chi connectivity index (χ4v) is 6.19. The molecule has 8 nitrogen and oxygen atoms in total. The van der Waals surface area contributed by atoms with Crippen molar-refractivity contribution in [2.75, 3.05) is 67.9 Å². The van der Waals surface area contributed by atoms with E-state index in [2.05, 4.69) is 86.4 Å². The molecule has 0 aliphatic carbocycles. The van der Waals surface area contributed by atoms with Gasteiger partial charge in [0.05, 0.1) is 17.4 Å². The molecule has 0 unspecified atom stereocenters. The number of carbonyl (C=O) groups excluding carboxylic acids is 2. The lowest BCUT2D eigenvalue weighted by molar-refractivity contribution is 0.0766. The summed E-state index contributed by atoms with van der Waals surface area (Å²) in [6, 6.07) is 36.3. The summed E-state index contributed by atoms with van der Waals surface area (Å²) >= 11 is 0. The highest BCUT2D eigenvalue weighted by molar-refractivity contribution is 6.04. The lowest BCUT2D eigenvalue weighted by Crippen LogP contribution is -2.48. The van der Waals surface area contributed by atoms with Gasteiger partial charge in [-0.1, -0.05) is 78.9 Å². The number of hydrogen-bond donors (Lipinski definition) is 3. The van der Waals surface area contributed by atoms with Gasteiger partial charge in [-0.25, -0.2) is 4.79 Å². The first-order valence-corrected chi connectivity index (χ1v) is 15.5. The van der Waals surface area contributed by atoms with Crippen molar-refractivity contribution in [3.8, 4) is 0 Å². The molecular weight excluding hydrogens is 548 g/mol. The molecular formula is C36H40N6O2. The number of nitrogens with one attached hydrogen (secondary N) is 3. The van der Waals surface area contributed by atoms with Crippen LogP contribution >= 0.6 is 0 Å². The number of urea groups is 1. The number of para-hydroxylation sites is 1. The van der Waals surface area contributed by atoms with Crippen molar-refractivity contribution in [1.82, 2.24) is 15.1 Å². The number of hydrogen-bond acceptors (Lipinski definition) is 5. The van der Waals surface area contributed by atoms with Gasteiger partial charge in [0.1, 0.15) is 0 Å². The first-order valence-electron chi connectivity index (χ1n) is 15.5. The molecule has 4 aromatic carbocycles. The van der Waals surface area contributed by atoms with Crippen LogP contribution in [0.5, 0.6) is 0 Å². The van der Waals surface area contributed by atoms with E-state index in [1.54, 1.807) is 0 Å². The van der Waals surface area contributed by atoms with Gasteiger partial charge in [-0.2, -0.15) is 0 Å². The van der Waals surface area contributed by atoms with Crippen LogP contribution in [0.2, 0.25) is 0 Å². The minimum atomic E-state index is -0.340. The third-order valence-electron chi connectivity index (χ3n) is 8.40. The summed E-state index contributed by atoms with van der Waals surface area (Å²) in [7, 11) is 0. The molecule has 0 radical (unpaired) electrons. The molecule has 0 saturated carbocycles. The van der Waals surface area contributed by atoms with Gasteiger partial charge in [-0.05, 0) is 54.4 Å². The summed E-state index contributed by atoms with van der Waals surface area (Å²) in [6.07, 6.45) is 0.922. The van der Waals surface area contributed by atoms with Crippen LogP contribution in [0.3, 0.4) is 0 Å². The minimum absolute atomic E-state index is 0.00912. The largest absolute Gasteiger partial charge is 0.367 e. The molecule has 6 rings (SSSR count). The van der Waals surface area contributed by atoms with Crippen LogP contribution in [0, 0.1) is 0 Å². The predicted octanol–water partition coefficient (Wildman–Crippen LogP) is 5.68. The molecule has 8 heteroatoms. The Kier molecular flexibility index (Phi) is 9.50. The average molecular weight is 589 g/mol. The first kappa shape index (κ1) is 29.4. The molecule has 3 amide bonds. The van der Waals surface area contributed by atoms with Crippen molar-refractivity contribution in [2.45, 2.75) is 12.5 Å². The second-order valence-electron chi connectivity index (χ2n) is 11.3. The Morgan fingerprint density at radius 1 is 0.659 bits per heavy atom. The fraction of sp³-hybridized carbons (Fsp3) is 0.278. The summed E-state index contributed by atoms with van der Waals surface area (Å²) in [5, 5.41) is 9.34. The van der Waals surface area contributed by atoms with Crippen molar-refractivity contribution in [1.29, 1.82) is 0 Å². The highest BCUT2D eigenvalue weighted by atomic mass is 16.2. The highest BCUT2D eigenvalue weighted by Crippen LogP contribution is 2.33. The van der Waals surface area contributed by atoms with Gasteiger partial charge in [-0.3, -0.25) is 9.69 Å². The zero-order valence-corrected chi connectivity index (χ0v) is 25.0. The summed E-state index contributed by atoms with van der Waals surface area (Å²) in [6.45, 7) is 6.37. The number of anilines is 3. The molecule has 2 heterocycles. The third-order valence-corrected chi connectivity index (χ3v) is 8.40. The van der Waals surface area contributed by atoms with E-state index < -0.39 is 0 Å². The number of benzene rings is 4. The Morgan fingerprint density at radius 3 is 1.95 bits per heavy atom. The van der Waals surface area contributed by atoms with Gasteiger partial charge in [-0.15, -0.1) is 0 Å². The van der Waals surface area contributed by atoms with Crippen molar-refractivity contribution in [3.05, 3.63) is 126 Å². The van der Waals surface area contributed by atoms with Gasteiger partial charge >= 0.3 is 6.03 Å². The van der Waals surface area contributed by atoms with Crippen molar-refractivity contribution < 1.29 is 9.59 Å². The molecule has 0 atom stereocenters. The van der Waals surface area contributed by atoms with Crippen LogP contribution in [-0.2, 0) is 0 Å². The third kappa shape index (κ3) is 7.10. The molecule has 3 N–H and O–H groups in total. The van der Waals surface area contributed by atoms with E-state index in [1.165, 1.54) is 11.1 Å². The summed E-state index contributed by atoms with van der Waals surface area (Å²) in [5.74, 6) is -0.00912. The molecule has 226 valence electrons. The maximum absolute atomic E-state index is 13.5. The molecule has 44 heavy (non-hydrogen) atoms. The topological polar surface area (TPSA) is 79.9 Å². The predicted molar refractivity (Wildman–Crippen MR) is 177 cm³/mol. The van der Waals surface area contributed by atoms with E-state index in [0.29, 0.717) is 23.5 Å². The molecule has 2 aliphatic rings. The van der Waals surface area contributed by atoms with E-state index in [1.807, 2.05) is 53.4 Å². The van der Waals surface area contributed by atoms with Crippen LogP contribution < -0.4 is 20.9 Å². The monoisotopic (exact) mass is 588 g/mol. The Morgan fingerprint density at radius 2 is 1.30 bits per heavy atom. The van der Waals surface area contributed by atoms with Gasteiger partial charge in [0.2, 0.25) is 0 Å². The van der Waals surface area contributed by atoms with E-state index in [4.69, 9.17) is 0 Å². The summed E-state index contributed by atoms with van der Waals surface area (Å²) in [5.41, 5.74) is 5.39. The summed E-state index contributed by atoms with van der Waals surface area (Å²) < 4.78 is 0. The van der Waals surface area contributed by atoms with Gasteiger partial charge in [0.15, 0.2) is 0 Å². The zero-order chi connectivity index (χ0) is 30.1. The van der Waals surface area contributed by atoms with Crippen LogP contribution in [0.25, 0.3) is 0 Å². The van der Waals surface area contributed by atoms with Crippen LogP contribution in [0.1, 0.15) is 33.9 Å². The number of rotatable bonds is 7. The van der Waals surface area contributed by atoms with Crippen LogP contribution in [0.15, 0.2) is 109 Å². The molecule has 2 saturated heterocycles. The SMILES string of the molecule is O=C(Nc1ccccc1)Nc1cc(C(=O)N2CCCNCC2)ccc1N1CCN(C(c2ccccc2)c2ccccc2)CC1. The Hall–Kier alpha value is -4.66. The number of piperazine rings is 1. The summed E-state index contributed by atoms with van der Waals surface area (Å²) in [4.78, 5) is 33.4. The van der Waals surface area contributed by atoms with Crippen LogP contribution in [0.4, 0.5) is 21.9 Å². The maximum Gasteiger partial charge on any atom is 0.323 e. The van der Waals surface area contributed by atoms with Gasteiger partial charge in [0, 0.05) is 57.1 Å². The standard InChI is InChI=1S/C36H40N6O2/c43-35(42-21-10-19-37-20-22-42)30-17-18-33(32(27-30)39-36(44)38-31-15-8-3-9-16-31)40-23-25-41(26-24-40)34(28-11-4-1-5-12-28)29-13-6-2-7-14-29/h1-9,11-18,27,34,37H,10,19-26H2,(H2,38,39,44). The normalized spacial score (nSPS) is 15.9. The minimum Gasteiger partial charge on any atom is -0.367 e. The van der Waals surface area contributed by atoms with Gasteiger partial charge < -0.3 is 25.8 Å². The molecule has 0 aromatic heterocycles. The van der Waals surface area contributed by atoms with E-state index in [0.717, 1.165) is 57.9 Å². The average Bonchev–Trinajstić information content (AvgIpc) is 3.36.